The van der Waals surface area contributed by atoms with Crippen molar-refractivity contribution in [3.63, 3.8) is 0 Å². The summed E-state index contributed by atoms with van der Waals surface area (Å²) in [5, 5.41) is 9.58. The Kier molecular flexibility index (Phi) is 5.32. The predicted octanol–water partition coefficient (Wildman–Crippen LogP) is 2.42. The molecule has 2 aromatic carbocycles. The van der Waals surface area contributed by atoms with E-state index < -0.39 is 21.7 Å². The Morgan fingerprint density at radius 1 is 1.07 bits per heavy atom. The smallest absolute Gasteiger partial charge is 0.308 e. The largest absolute Gasteiger partial charge is 0.481 e. The number of hydrogen-bond acceptors (Lipinski definition) is 4. The quantitative estimate of drug-likeness (QED) is 0.851. The van der Waals surface area contributed by atoms with E-state index in [0.717, 1.165) is 5.56 Å². The van der Waals surface area contributed by atoms with Crippen LogP contribution in [0.4, 0.5) is 0 Å². The van der Waals surface area contributed by atoms with E-state index in [0.29, 0.717) is 0 Å². The van der Waals surface area contributed by atoms with Gasteiger partial charge in [-0.25, -0.2) is 8.42 Å². The third-order valence-corrected chi connectivity index (χ3v) is 6.70. The molecule has 1 fully saturated rings. The highest BCUT2D eigenvalue weighted by atomic mass is 32.2. The summed E-state index contributed by atoms with van der Waals surface area (Å²) in [5.74, 6) is -2.34. The zero-order chi connectivity index (χ0) is 19.6. The topological polar surface area (TPSA) is 91.8 Å². The van der Waals surface area contributed by atoms with Gasteiger partial charge in [0.15, 0.2) is 9.84 Å². The highest BCUT2D eigenvalue weighted by Gasteiger charge is 2.40. The monoisotopic (exact) mass is 387 g/mol. The van der Waals surface area contributed by atoms with Gasteiger partial charge in [-0.3, -0.25) is 9.59 Å². The Bertz CT molecular complexity index is 955. The molecule has 0 unspecified atom stereocenters. The summed E-state index contributed by atoms with van der Waals surface area (Å²) in [6, 6.07) is 15.2. The molecule has 1 amide bonds. The van der Waals surface area contributed by atoms with Crippen molar-refractivity contribution >= 4 is 21.7 Å². The molecule has 1 N–H and O–H groups in total. The normalized spacial score (nSPS) is 19.8. The Hall–Kier alpha value is -2.67. The molecule has 1 aliphatic heterocycles. The second-order valence-electron chi connectivity index (χ2n) is 6.60. The van der Waals surface area contributed by atoms with E-state index in [2.05, 4.69) is 0 Å². The lowest BCUT2D eigenvalue weighted by molar-refractivity contribution is -0.141. The van der Waals surface area contributed by atoms with Crippen LogP contribution in [0.1, 0.15) is 28.8 Å². The number of carboxylic acids is 1. The molecule has 0 saturated carbocycles. The summed E-state index contributed by atoms with van der Waals surface area (Å²) < 4.78 is 24.1. The standard InChI is InChI=1S/C20H21NO5S/c1-2-27(25,26)16-10-6-9-15(11-16)19(22)21-12-17(18(13-21)20(23)24)14-7-4-3-5-8-14/h3-11,17-18H,2,12-13H2,1H3,(H,23,24)/t17-,18-/m0/s1. The molecule has 2 aromatic rings. The molecule has 0 radical (unpaired) electrons. The van der Waals surface area contributed by atoms with Gasteiger partial charge in [0.25, 0.3) is 5.91 Å². The van der Waals surface area contributed by atoms with Crippen molar-refractivity contribution in [1.82, 2.24) is 4.90 Å². The number of rotatable bonds is 5. The molecule has 0 bridgehead atoms. The molecule has 3 rings (SSSR count). The van der Waals surface area contributed by atoms with Crippen LogP contribution in [0.25, 0.3) is 0 Å². The third-order valence-electron chi connectivity index (χ3n) is 4.97. The first-order valence-electron chi connectivity index (χ1n) is 8.73. The maximum atomic E-state index is 12.9. The number of hydrogen-bond donors (Lipinski definition) is 1. The minimum absolute atomic E-state index is 0.0501. The van der Waals surface area contributed by atoms with Crippen LogP contribution in [0.3, 0.4) is 0 Å². The number of amides is 1. The van der Waals surface area contributed by atoms with Gasteiger partial charge in [-0.2, -0.15) is 0 Å². The van der Waals surface area contributed by atoms with Gasteiger partial charge in [-0.1, -0.05) is 43.3 Å². The Labute approximate surface area is 158 Å². The SMILES string of the molecule is CCS(=O)(=O)c1cccc(C(=O)N2C[C@H](C(=O)O)[C@H](c3ccccc3)C2)c1. The minimum atomic E-state index is -3.42. The zero-order valence-corrected chi connectivity index (χ0v) is 15.7. The average Bonchev–Trinajstić information content (AvgIpc) is 3.14. The lowest BCUT2D eigenvalue weighted by atomic mass is 9.89. The number of nitrogens with zero attached hydrogens (tertiary/aromatic N) is 1. The molecule has 2 atom stereocenters. The van der Waals surface area contributed by atoms with Gasteiger partial charge in [-0.05, 0) is 23.8 Å². The van der Waals surface area contributed by atoms with E-state index in [4.69, 9.17) is 0 Å². The Balaban J connectivity index is 1.88. The fourth-order valence-electron chi connectivity index (χ4n) is 3.43. The van der Waals surface area contributed by atoms with Gasteiger partial charge in [0.1, 0.15) is 0 Å². The summed E-state index contributed by atoms with van der Waals surface area (Å²) in [4.78, 5) is 26.2. The van der Waals surface area contributed by atoms with Crippen LogP contribution in [0.15, 0.2) is 59.5 Å². The summed E-state index contributed by atoms with van der Waals surface area (Å²) in [5.41, 5.74) is 1.13. The maximum Gasteiger partial charge on any atom is 0.308 e. The van der Waals surface area contributed by atoms with Gasteiger partial charge in [-0.15, -0.1) is 0 Å². The number of sulfone groups is 1. The van der Waals surface area contributed by atoms with Gasteiger partial charge in [0, 0.05) is 24.6 Å². The van der Waals surface area contributed by atoms with Gasteiger partial charge < -0.3 is 10.0 Å². The van der Waals surface area contributed by atoms with E-state index in [9.17, 15) is 23.1 Å². The first kappa shape index (κ1) is 19.1. The number of carboxylic acid groups (broad SMARTS) is 1. The maximum absolute atomic E-state index is 12.9. The molecule has 7 heteroatoms. The Morgan fingerprint density at radius 3 is 2.41 bits per heavy atom. The highest BCUT2D eigenvalue weighted by Crippen LogP contribution is 2.33. The van der Waals surface area contributed by atoms with E-state index >= 15 is 0 Å². The molecule has 6 nitrogen and oxygen atoms in total. The van der Waals surface area contributed by atoms with Crippen LogP contribution in [0.2, 0.25) is 0 Å². The van der Waals surface area contributed by atoms with E-state index in [1.165, 1.54) is 23.1 Å². The summed E-state index contributed by atoms with van der Waals surface area (Å²) in [6.07, 6.45) is 0. The lowest BCUT2D eigenvalue weighted by Crippen LogP contribution is -2.30. The van der Waals surface area contributed by atoms with Crippen LogP contribution < -0.4 is 0 Å². The van der Waals surface area contributed by atoms with Crippen LogP contribution in [0.5, 0.6) is 0 Å². The van der Waals surface area contributed by atoms with Crippen molar-refractivity contribution in [3.05, 3.63) is 65.7 Å². The number of aliphatic carboxylic acids is 1. The molecule has 1 saturated heterocycles. The zero-order valence-electron chi connectivity index (χ0n) is 14.9. The average molecular weight is 387 g/mol. The van der Waals surface area contributed by atoms with E-state index in [-0.39, 0.29) is 41.1 Å². The van der Waals surface area contributed by atoms with Crippen molar-refractivity contribution in [3.8, 4) is 0 Å². The molecule has 142 valence electrons. The molecule has 0 spiro atoms. The second-order valence-corrected chi connectivity index (χ2v) is 8.88. The van der Waals surface area contributed by atoms with Crippen molar-refractivity contribution < 1.29 is 23.1 Å². The van der Waals surface area contributed by atoms with Gasteiger partial charge in [0.2, 0.25) is 0 Å². The number of carbonyl (C=O) groups is 2. The van der Waals surface area contributed by atoms with E-state index in [1.54, 1.807) is 13.0 Å². The minimum Gasteiger partial charge on any atom is -0.481 e. The van der Waals surface area contributed by atoms with Gasteiger partial charge >= 0.3 is 5.97 Å². The molecular weight excluding hydrogens is 366 g/mol. The van der Waals surface area contributed by atoms with Gasteiger partial charge in [0.05, 0.1) is 16.6 Å². The fraction of sp³-hybridized carbons (Fsp3) is 0.300. The second kappa shape index (κ2) is 7.52. The summed E-state index contributed by atoms with van der Waals surface area (Å²) >= 11 is 0. The molecule has 27 heavy (non-hydrogen) atoms. The molecule has 0 aliphatic carbocycles. The summed E-state index contributed by atoms with van der Waals surface area (Å²) in [7, 11) is -3.42. The van der Waals surface area contributed by atoms with Crippen LogP contribution >= 0.6 is 0 Å². The van der Waals surface area contributed by atoms with Crippen molar-refractivity contribution in [2.75, 3.05) is 18.8 Å². The molecule has 0 aromatic heterocycles. The molecule has 1 aliphatic rings. The Morgan fingerprint density at radius 2 is 1.78 bits per heavy atom. The number of benzene rings is 2. The van der Waals surface area contributed by atoms with Crippen LogP contribution in [-0.2, 0) is 14.6 Å². The molecular formula is C20H21NO5S. The van der Waals surface area contributed by atoms with Crippen LogP contribution in [-0.4, -0.2) is 49.1 Å². The van der Waals surface area contributed by atoms with Crippen molar-refractivity contribution in [2.45, 2.75) is 17.7 Å². The number of carbonyl (C=O) groups excluding carboxylic acids is 1. The predicted molar refractivity (Wildman–Crippen MR) is 100 cm³/mol. The lowest BCUT2D eigenvalue weighted by Gasteiger charge is -2.17. The fourth-order valence-corrected chi connectivity index (χ4v) is 4.36. The van der Waals surface area contributed by atoms with Crippen molar-refractivity contribution in [1.29, 1.82) is 0 Å². The highest BCUT2D eigenvalue weighted by molar-refractivity contribution is 7.91. The summed E-state index contributed by atoms with van der Waals surface area (Å²) in [6.45, 7) is 1.93. The van der Waals surface area contributed by atoms with Crippen molar-refractivity contribution in [2.24, 2.45) is 5.92 Å². The first-order chi connectivity index (χ1) is 12.8. The number of likely N-dealkylation sites (tertiary alicyclic amines) is 1. The van der Waals surface area contributed by atoms with Crippen LogP contribution in [0, 0.1) is 5.92 Å². The first-order valence-corrected chi connectivity index (χ1v) is 10.4. The third kappa shape index (κ3) is 3.88. The van der Waals surface area contributed by atoms with E-state index in [1.807, 2.05) is 30.3 Å². The molecule has 1 heterocycles.